The van der Waals surface area contributed by atoms with Crippen LogP contribution in [0.3, 0.4) is 0 Å². The SMILES string of the molecule is CN=C(NCCOCC(C)C)N(C)Cc1ccccc1C.I. The molecule has 0 fully saturated rings. The molecule has 5 heteroatoms. The van der Waals surface area contributed by atoms with E-state index in [0.29, 0.717) is 12.5 Å². The number of ether oxygens (including phenoxy) is 1. The second-order valence-corrected chi connectivity index (χ2v) is 5.73. The summed E-state index contributed by atoms with van der Waals surface area (Å²) in [6.07, 6.45) is 0. The second-order valence-electron chi connectivity index (χ2n) is 5.73. The Morgan fingerprint density at radius 1 is 1.32 bits per heavy atom. The zero-order chi connectivity index (χ0) is 15.7. The lowest BCUT2D eigenvalue weighted by Gasteiger charge is -2.23. The average molecular weight is 419 g/mol. The van der Waals surface area contributed by atoms with Gasteiger partial charge in [-0.25, -0.2) is 0 Å². The maximum absolute atomic E-state index is 5.57. The largest absolute Gasteiger partial charge is 0.379 e. The minimum absolute atomic E-state index is 0. The second kappa shape index (κ2) is 11.7. The van der Waals surface area contributed by atoms with Crippen molar-refractivity contribution in [1.82, 2.24) is 10.2 Å². The standard InChI is InChI=1S/C17H29N3O.HI/c1-14(2)13-21-11-10-19-17(18-4)20(5)12-16-9-7-6-8-15(16)3;/h6-9,14H,10-13H2,1-5H3,(H,18,19);1H. The van der Waals surface area contributed by atoms with Crippen molar-refractivity contribution in [2.45, 2.75) is 27.3 Å². The number of rotatable bonds is 7. The van der Waals surface area contributed by atoms with E-state index in [2.05, 4.69) is 67.3 Å². The normalized spacial score (nSPS) is 11.3. The van der Waals surface area contributed by atoms with Gasteiger partial charge in [-0.3, -0.25) is 4.99 Å². The number of guanidine groups is 1. The number of aliphatic imine (C=N–C) groups is 1. The summed E-state index contributed by atoms with van der Waals surface area (Å²) in [4.78, 5) is 6.45. The Bertz CT molecular complexity index is 449. The third-order valence-corrected chi connectivity index (χ3v) is 3.22. The summed E-state index contributed by atoms with van der Waals surface area (Å²) in [5, 5.41) is 3.33. The lowest BCUT2D eigenvalue weighted by atomic mass is 10.1. The highest BCUT2D eigenvalue weighted by Gasteiger charge is 2.07. The lowest BCUT2D eigenvalue weighted by molar-refractivity contribution is 0.114. The maximum Gasteiger partial charge on any atom is 0.193 e. The Balaban J connectivity index is 0.00000441. The van der Waals surface area contributed by atoms with Crippen molar-refractivity contribution in [3.8, 4) is 0 Å². The van der Waals surface area contributed by atoms with E-state index in [0.717, 1.165) is 25.7 Å². The Labute approximate surface area is 152 Å². The van der Waals surface area contributed by atoms with Crippen molar-refractivity contribution in [2.75, 3.05) is 33.9 Å². The van der Waals surface area contributed by atoms with Crippen molar-refractivity contribution in [3.63, 3.8) is 0 Å². The van der Waals surface area contributed by atoms with Gasteiger partial charge in [-0.1, -0.05) is 38.1 Å². The Morgan fingerprint density at radius 2 is 2.00 bits per heavy atom. The summed E-state index contributed by atoms with van der Waals surface area (Å²) in [5.74, 6) is 1.47. The first-order valence-corrected chi connectivity index (χ1v) is 7.58. The molecule has 0 aromatic heterocycles. The van der Waals surface area contributed by atoms with Gasteiger partial charge in [0.1, 0.15) is 0 Å². The summed E-state index contributed by atoms with van der Waals surface area (Å²) < 4.78 is 5.57. The Morgan fingerprint density at radius 3 is 2.59 bits per heavy atom. The molecule has 1 aromatic carbocycles. The van der Waals surface area contributed by atoms with E-state index in [-0.39, 0.29) is 24.0 Å². The van der Waals surface area contributed by atoms with Crippen LogP contribution in [-0.4, -0.2) is 44.7 Å². The van der Waals surface area contributed by atoms with Crippen molar-refractivity contribution in [3.05, 3.63) is 35.4 Å². The maximum atomic E-state index is 5.57. The van der Waals surface area contributed by atoms with Crippen LogP contribution in [0.1, 0.15) is 25.0 Å². The van der Waals surface area contributed by atoms with E-state index in [4.69, 9.17) is 4.74 Å². The summed E-state index contributed by atoms with van der Waals surface area (Å²) >= 11 is 0. The molecule has 1 aromatic rings. The minimum atomic E-state index is 0. The summed E-state index contributed by atoms with van der Waals surface area (Å²) in [5.41, 5.74) is 2.62. The molecule has 0 amide bonds. The first kappa shape index (κ1) is 21.2. The first-order valence-electron chi connectivity index (χ1n) is 7.58. The fraction of sp³-hybridized carbons (Fsp3) is 0.588. The molecule has 0 saturated heterocycles. The van der Waals surface area contributed by atoms with Crippen LogP contribution < -0.4 is 5.32 Å². The average Bonchev–Trinajstić information content (AvgIpc) is 2.45. The predicted molar refractivity (Wildman–Crippen MR) is 105 cm³/mol. The number of nitrogens with zero attached hydrogens (tertiary/aromatic N) is 2. The van der Waals surface area contributed by atoms with E-state index in [1.54, 1.807) is 0 Å². The smallest absolute Gasteiger partial charge is 0.193 e. The van der Waals surface area contributed by atoms with Gasteiger partial charge in [-0.2, -0.15) is 0 Å². The van der Waals surface area contributed by atoms with Gasteiger partial charge in [-0.05, 0) is 24.0 Å². The molecule has 0 aliphatic rings. The van der Waals surface area contributed by atoms with Crippen LogP contribution in [0.4, 0.5) is 0 Å². The quantitative estimate of drug-likeness (QED) is 0.319. The van der Waals surface area contributed by atoms with Crippen molar-refractivity contribution in [1.29, 1.82) is 0 Å². The predicted octanol–water partition coefficient (Wildman–Crippen LogP) is 3.29. The Kier molecular flexibility index (Phi) is 11.3. The van der Waals surface area contributed by atoms with Crippen LogP contribution in [0.15, 0.2) is 29.3 Å². The number of hydrogen-bond acceptors (Lipinski definition) is 2. The number of hydrogen-bond donors (Lipinski definition) is 1. The van der Waals surface area contributed by atoms with Crippen molar-refractivity contribution in [2.24, 2.45) is 10.9 Å². The van der Waals surface area contributed by atoms with E-state index >= 15 is 0 Å². The summed E-state index contributed by atoms with van der Waals surface area (Å²) in [6, 6.07) is 8.44. The molecule has 1 N–H and O–H groups in total. The molecule has 0 bridgehead atoms. The van der Waals surface area contributed by atoms with Gasteiger partial charge < -0.3 is 15.0 Å². The fourth-order valence-corrected chi connectivity index (χ4v) is 2.06. The molecule has 0 heterocycles. The first-order chi connectivity index (χ1) is 10.0. The van der Waals surface area contributed by atoms with E-state index in [1.807, 2.05) is 7.05 Å². The zero-order valence-corrected chi connectivity index (χ0v) is 16.8. The molecule has 126 valence electrons. The highest BCUT2D eigenvalue weighted by molar-refractivity contribution is 14.0. The summed E-state index contributed by atoms with van der Waals surface area (Å²) in [6.45, 7) is 9.58. The molecule has 0 radical (unpaired) electrons. The van der Waals surface area contributed by atoms with Gasteiger partial charge in [0.05, 0.1) is 6.61 Å². The number of halogens is 1. The van der Waals surface area contributed by atoms with Gasteiger partial charge in [0.2, 0.25) is 0 Å². The molecule has 0 saturated carbocycles. The van der Waals surface area contributed by atoms with Crippen molar-refractivity contribution < 1.29 is 4.74 Å². The topological polar surface area (TPSA) is 36.9 Å². The van der Waals surface area contributed by atoms with Crippen LogP contribution in [-0.2, 0) is 11.3 Å². The highest BCUT2D eigenvalue weighted by atomic mass is 127. The van der Waals surface area contributed by atoms with E-state index in [9.17, 15) is 0 Å². The monoisotopic (exact) mass is 419 g/mol. The third-order valence-electron chi connectivity index (χ3n) is 3.22. The van der Waals surface area contributed by atoms with Gasteiger partial charge in [0, 0.05) is 33.8 Å². The number of nitrogens with one attached hydrogen (secondary N) is 1. The third kappa shape index (κ3) is 7.98. The van der Waals surface area contributed by atoms with Gasteiger partial charge in [-0.15, -0.1) is 24.0 Å². The van der Waals surface area contributed by atoms with Crippen LogP contribution in [0.5, 0.6) is 0 Å². The molecule has 1 rings (SSSR count). The molecule has 0 aliphatic carbocycles. The van der Waals surface area contributed by atoms with Gasteiger partial charge >= 0.3 is 0 Å². The fourth-order valence-electron chi connectivity index (χ4n) is 2.06. The van der Waals surface area contributed by atoms with Crippen LogP contribution >= 0.6 is 24.0 Å². The van der Waals surface area contributed by atoms with E-state index < -0.39 is 0 Å². The molecular weight excluding hydrogens is 389 g/mol. The molecule has 0 spiro atoms. The molecular formula is C17H30IN3O. The lowest BCUT2D eigenvalue weighted by Crippen LogP contribution is -2.40. The molecule has 0 atom stereocenters. The Hall–Kier alpha value is -0.820. The highest BCUT2D eigenvalue weighted by Crippen LogP contribution is 2.09. The minimum Gasteiger partial charge on any atom is -0.379 e. The number of aryl methyl sites for hydroxylation is 1. The molecule has 0 aliphatic heterocycles. The van der Waals surface area contributed by atoms with Crippen LogP contribution in [0.2, 0.25) is 0 Å². The molecule has 0 unspecified atom stereocenters. The molecule has 4 nitrogen and oxygen atoms in total. The van der Waals surface area contributed by atoms with Gasteiger partial charge in [0.25, 0.3) is 0 Å². The molecule has 22 heavy (non-hydrogen) atoms. The zero-order valence-electron chi connectivity index (χ0n) is 14.4. The van der Waals surface area contributed by atoms with Crippen LogP contribution in [0.25, 0.3) is 0 Å². The number of benzene rings is 1. The van der Waals surface area contributed by atoms with E-state index in [1.165, 1.54) is 11.1 Å². The van der Waals surface area contributed by atoms with Gasteiger partial charge in [0.15, 0.2) is 5.96 Å². The summed E-state index contributed by atoms with van der Waals surface area (Å²) in [7, 11) is 3.86. The van der Waals surface area contributed by atoms with Crippen LogP contribution in [0, 0.1) is 12.8 Å². The van der Waals surface area contributed by atoms with Crippen molar-refractivity contribution >= 4 is 29.9 Å².